The van der Waals surface area contributed by atoms with E-state index in [1.54, 1.807) is 0 Å². The lowest BCUT2D eigenvalue weighted by molar-refractivity contribution is 0.201. The van der Waals surface area contributed by atoms with E-state index in [0.717, 1.165) is 16.9 Å². The van der Waals surface area contributed by atoms with Crippen molar-refractivity contribution in [2.24, 2.45) is 5.92 Å². The molecule has 1 saturated heterocycles. The van der Waals surface area contributed by atoms with E-state index in [1.165, 1.54) is 51.0 Å². The first kappa shape index (κ1) is 15.0. The van der Waals surface area contributed by atoms with E-state index in [9.17, 15) is 0 Å². The van der Waals surface area contributed by atoms with Crippen LogP contribution in [-0.2, 0) is 6.54 Å². The van der Waals surface area contributed by atoms with Gasteiger partial charge >= 0.3 is 0 Å². The van der Waals surface area contributed by atoms with Gasteiger partial charge in [-0.25, -0.2) is 0 Å². The van der Waals surface area contributed by atoms with Gasteiger partial charge in [-0.1, -0.05) is 35.0 Å². The van der Waals surface area contributed by atoms with Gasteiger partial charge in [0.1, 0.15) is 0 Å². The first-order valence-electron chi connectivity index (χ1n) is 7.45. The molecule has 0 spiro atoms. The number of piperidine rings is 1. The Morgan fingerprint density at radius 1 is 1.32 bits per heavy atom. The van der Waals surface area contributed by atoms with Gasteiger partial charge in [0.25, 0.3) is 0 Å². The number of benzene rings is 1. The van der Waals surface area contributed by atoms with Gasteiger partial charge < -0.3 is 5.32 Å². The maximum absolute atomic E-state index is 3.52. The maximum atomic E-state index is 3.52. The van der Waals surface area contributed by atoms with Crippen molar-refractivity contribution in [3.8, 4) is 0 Å². The molecule has 1 aliphatic heterocycles. The molecule has 106 valence electrons. The Hall–Kier alpha value is -0.380. The normalized spacial score (nSPS) is 19.8. The van der Waals surface area contributed by atoms with E-state index < -0.39 is 0 Å². The first-order valence-corrected chi connectivity index (χ1v) is 8.24. The number of rotatable bonds is 6. The quantitative estimate of drug-likeness (QED) is 0.859. The average molecular weight is 325 g/mol. The highest BCUT2D eigenvalue weighted by Gasteiger charge is 2.16. The summed E-state index contributed by atoms with van der Waals surface area (Å²) < 4.78 is 1.16. The molecule has 1 heterocycles. The minimum atomic E-state index is 0.829. The molecule has 1 aliphatic rings. The molecule has 1 aromatic rings. The molecule has 1 unspecified atom stereocenters. The Bertz CT molecular complexity index is 358. The number of halogens is 1. The van der Waals surface area contributed by atoms with Crippen LogP contribution in [0.3, 0.4) is 0 Å². The Morgan fingerprint density at radius 3 is 2.74 bits per heavy atom. The summed E-state index contributed by atoms with van der Waals surface area (Å²) >= 11 is 3.50. The Balaban J connectivity index is 1.89. The van der Waals surface area contributed by atoms with Crippen LogP contribution < -0.4 is 5.32 Å². The molecule has 0 aliphatic carbocycles. The van der Waals surface area contributed by atoms with Crippen molar-refractivity contribution in [3.63, 3.8) is 0 Å². The summed E-state index contributed by atoms with van der Waals surface area (Å²) in [6.45, 7) is 8.19. The molecular formula is C16H25BrN2. The van der Waals surface area contributed by atoms with Crippen molar-refractivity contribution in [2.45, 2.75) is 32.7 Å². The van der Waals surface area contributed by atoms with E-state index in [1.807, 2.05) is 0 Å². The molecule has 2 nitrogen and oxygen atoms in total. The molecule has 19 heavy (non-hydrogen) atoms. The standard InChI is InChI=1S/C16H25BrN2/c1-2-10-19(13-15-4-3-9-18-11-15)12-14-5-7-16(17)8-6-14/h5-8,15,18H,2-4,9-13H2,1H3. The molecule has 0 saturated carbocycles. The second kappa shape index (κ2) is 8.03. The van der Waals surface area contributed by atoms with Crippen molar-refractivity contribution in [2.75, 3.05) is 26.2 Å². The number of hydrogen-bond donors (Lipinski definition) is 1. The summed E-state index contributed by atoms with van der Waals surface area (Å²) in [5.41, 5.74) is 1.42. The second-order valence-corrected chi connectivity index (χ2v) is 6.49. The largest absolute Gasteiger partial charge is 0.316 e. The molecule has 1 fully saturated rings. The van der Waals surface area contributed by atoms with Gasteiger partial charge in [0, 0.05) is 17.6 Å². The summed E-state index contributed by atoms with van der Waals surface area (Å²) in [5, 5.41) is 3.52. The van der Waals surface area contributed by atoms with Crippen molar-refractivity contribution >= 4 is 15.9 Å². The lowest BCUT2D eigenvalue weighted by Crippen LogP contribution is -2.38. The molecular weight excluding hydrogens is 300 g/mol. The number of nitrogens with one attached hydrogen (secondary N) is 1. The molecule has 0 amide bonds. The zero-order chi connectivity index (χ0) is 13.5. The summed E-state index contributed by atoms with van der Waals surface area (Å²) in [6.07, 6.45) is 3.95. The van der Waals surface area contributed by atoms with Crippen LogP contribution in [0.1, 0.15) is 31.7 Å². The van der Waals surface area contributed by atoms with Gasteiger partial charge in [-0.15, -0.1) is 0 Å². The fraction of sp³-hybridized carbons (Fsp3) is 0.625. The van der Waals surface area contributed by atoms with Gasteiger partial charge in [0.05, 0.1) is 0 Å². The third-order valence-corrected chi connectivity index (χ3v) is 4.30. The Labute approximate surface area is 125 Å². The lowest BCUT2D eigenvalue weighted by atomic mass is 9.98. The van der Waals surface area contributed by atoms with Crippen molar-refractivity contribution < 1.29 is 0 Å². The highest BCUT2D eigenvalue weighted by atomic mass is 79.9. The average Bonchev–Trinajstić information content (AvgIpc) is 2.43. The summed E-state index contributed by atoms with van der Waals surface area (Å²) in [6, 6.07) is 8.74. The topological polar surface area (TPSA) is 15.3 Å². The van der Waals surface area contributed by atoms with Crippen LogP contribution in [0.5, 0.6) is 0 Å². The minimum Gasteiger partial charge on any atom is -0.316 e. The van der Waals surface area contributed by atoms with E-state index in [2.05, 4.69) is 57.3 Å². The molecule has 3 heteroatoms. The van der Waals surface area contributed by atoms with Crippen LogP contribution in [-0.4, -0.2) is 31.1 Å². The maximum Gasteiger partial charge on any atom is 0.0233 e. The lowest BCUT2D eigenvalue weighted by Gasteiger charge is -2.30. The van der Waals surface area contributed by atoms with Crippen LogP contribution in [0.15, 0.2) is 28.7 Å². The highest BCUT2D eigenvalue weighted by Crippen LogP contribution is 2.16. The van der Waals surface area contributed by atoms with E-state index in [-0.39, 0.29) is 0 Å². The van der Waals surface area contributed by atoms with E-state index in [0.29, 0.717) is 0 Å². The fourth-order valence-corrected chi connectivity index (χ4v) is 3.11. The molecule has 0 aromatic heterocycles. The predicted octanol–water partition coefficient (Wildman–Crippen LogP) is 3.66. The summed E-state index contributed by atoms with van der Waals surface area (Å²) in [4.78, 5) is 2.61. The van der Waals surface area contributed by atoms with Gasteiger partial charge in [-0.3, -0.25) is 4.90 Å². The first-order chi connectivity index (χ1) is 9.28. The predicted molar refractivity (Wildman–Crippen MR) is 85.3 cm³/mol. The molecule has 0 bridgehead atoms. The van der Waals surface area contributed by atoms with Crippen LogP contribution in [0, 0.1) is 5.92 Å². The molecule has 0 radical (unpaired) electrons. The Morgan fingerprint density at radius 2 is 2.11 bits per heavy atom. The minimum absolute atomic E-state index is 0.829. The Kier molecular flexibility index (Phi) is 6.35. The molecule has 1 aromatic carbocycles. The molecule has 1 atom stereocenters. The van der Waals surface area contributed by atoms with Crippen LogP contribution in [0.25, 0.3) is 0 Å². The summed E-state index contributed by atoms with van der Waals surface area (Å²) in [5.74, 6) is 0.829. The van der Waals surface area contributed by atoms with Crippen LogP contribution >= 0.6 is 15.9 Å². The highest BCUT2D eigenvalue weighted by molar-refractivity contribution is 9.10. The number of nitrogens with zero attached hydrogens (tertiary/aromatic N) is 1. The van der Waals surface area contributed by atoms with E-state index in [4.69, 9.17) is 0 Å². The van der Waals surface area contributed by atoms with Gasteiger partial charge in [0.2, 0.25) is 0 Å². The fourth-order valence-electron chi connectivity index (χ4n) is 2.84. The molecule has 2 rings (SSSR count). The van der Waals surface area contributed by atoms with Crippen LogP contribution in [0.2, 0.25) is 0 Å². The third kappa shape index (κ3) is 5.25. The zero-order valence-corrected chi connectivity index (χ0v) is 13.5. The van der Waals surface area contributed by atoms with Crippen molar-refractivity contribution in [3.05, 3.63) is 34.3 Å². The second-order valence-electron chi connectivity index (χ2n) is 5.57. The van der Waals surface area contributed by atoms with Crippen molar-refractivity contribution in [1.82, 2.24) is 10.2 Å². The third-order valence-electron chi connectivity index (χ3n) is 3.77. The zero-order valence-electron chi connectivity index (χ0n) is 11.9. The smallest absolute Gasteiger partial charge is 0.0233 e. The number of hydrogen-bond acceptors (Lipinski definition) is 2. The SMILES string of the molecule is CCCN(Cc1ccc(Br)cc1)CC1CCCNC1. The van der Waals surface area contributed by atoms with Gasteiger partial charge in [-0.2, -0.15) is 0 Å². The van der Waals surface area contributed by atoms with Crippen LogP contribution in [0.4, 0.5) is 0 Å². The van der Waals surface area contributed by atoms with Gasteiger partial charge in [0.15, 0.2) is 0 Å². The monoisotopic (exact) mass is 324 g/mol. The van der Waals surface area contributed by atoms with E-state index >= 15 is 0 Å². The van der Waals surface area contributed by atoms with Crippen molar-refractivity contribution in [1.29, 1.82) is 0 Å². The van der Waals surface area contributed by atoms with Gasteiger partial charge in [-0.05, 0) is 62.5 Å². The molecule has 1 N–H and O–H groups in total. The summed E-state index contributed by atoms with van der Waals surface area (Å²) in [7, 11) is 0.